The molecule has 1 saturated heterocycles. The number of hydrogen-bond acceptors (Lipinski definition) is 4. The molecule has 2 aromatic carbocycles. The Balaban J connectivity index is 1.34. The van der Waals surface area contributed by atoms with E-state index >= 15 is 0 Å². The van der Waals surface area contributed by atoms with E-state index in [1.165, 1.54) is 0 Å². The first kappa shape index (κ1) is 21.1. The van der Waals surface area contributed by atoms with Gasteiger partial charge in [0.1, 0.15) is 12.4 Å². The Bertz CT molecular complexity index is 833. The molecule has 154 valence electrons. The number of nitrogens with one attached hydrogen (secondary N) is 1. The van der Waals surface area contributed by atoms with Crippen molar-refractivity contribution in [2.24, 2.45) is 0 Å². The van der Waals surface area contributed by atoms with Gasteiger partial charge in [0, 0.05) is 43.3 Å². The van der Waals surface area contributed by atoms with Gasteiger partial charge in [0.05, 0.1) is 6.54 Å². The third-order valence-electron chi connectivity index (χ3n) is 4.90. The summed E-state index contributed by atoms with van der Waals surface area (Å²) in [5.74, 6) is 0.524. The van der Waals surface area contributed by atoms with E-state index in [4.69, 9.17) is 16.3 Å². The van der Waals surface area contributed by atoms with Crippen LogP contribution in [0.25, 0.3) is 0 Å². The summed E-state index contributed by atoms with van der Waals surface area (Å²) >= 11 is 5.86. The lowest BCUT2D eigenvalue weighted by Gasteiger charge is -2.34. The van der Waals surface area contributed by atoms with Crippen LogP contribution in [0.3, 0.4) is 0 Å². The van der Waals surface area contributed by atoms with Crippen molar-refractivity contribution in [2.45, 2.75) is 6.92 Å². The zero-order chi connectivity index (χ0) is 20.6. The fourth-order valence-electron chi connectivity index (χ4n) is 3.20. The summed E-state index contributed by atoms with van der Waals surface area (Å²) < 4.78 is 5.73. The lowest BCUT2D eigenvalue weighted by Crippen LogP contribution is -2.51. The average Bonchev–Trinajstić information content (AvgIpc) is 2.73. The van der Waals surface area contributed by atoms with E-state index in [1.807, 2.05) is 37.3 Å². The van der Waals surface area contributed by atoms with Gasteiger partial charge >= 0.3 is 0 Å². The Hall–Kier alpha value is -2.57. The van der Waals surface area contributed by atoms with Crippen LogP contribution < -0.4 is 10.1 Å². The number of halogens is 1. The van der Waals surface area contributed by atoms with Crippen LogP contribution in [-0.4, -0.2) is 67.5 Å². The summed E-state index contributed by atoms with van der Waals surface area (Å²) in [4.78, 5) is 28.6. The highest BCUT2D eigenvalue weighted by Crippen LogP contribution is 2.15. The fourth-order valence-corrected chi connectivity index (χ4v) is 3.33. The van der Waals surface area contributed by atoms with Crippen molar-refractivity contribution in [1.82, 2.24) is 15.1 Å². The maximum Gasteiger partial charge on any atom is 0.251 e. The van der Waals surface area contributed by atoms with E-state index in [0.29, 0.717) is 30.3 Å². The molecule has 1 N–H and O–H groups in total. The molecular formula is C22H26ClN3O3. The van der Waals surface area contributed by atoms with Crippen molar-refractivity contribution in [3.8, 4) is 5.75 Å². The van der Waals surface area contributed by atoms with Gasteiger partial charge in [-0.05, 0) is 43.3 Å². The van der Waals surface area contributed by atoms with Gasteiger partial charge in [-0.2, -0.15) is 0 Å². The van der Waals surface area contributed by atoms with Crippen LogP contribution >= 0.6 is 11.6 Å². The molecule has 7 heteroatoms. The zero-order valence-electron chi connectivity index (χ0n) is 16.6. The second kappa shape index (κ2) is 10.3. The first-order valence-electron chi connectivity index (χ1n) is 9.74. The highest BCUT2D eigenvalue weighted by molar-refractivity contribution is 6.30. The monoisotopic (exact) mass is 415 g/mol. The van der Waals surface area contributed by atoms with Gasteiger partial charge in [0.15, 0.2) is 0 Å². The zero-order valence-corrected chi connectivity index (χ0v) is 17.3. The number of hydrogen-bond donors (Lipinski definition) is 1. The molecule has 0 unspecified atom stereocenters. The first-order valence-corrected chi connectivity index (χ1v) is 10.1. The van der Waals surface area contributed by atoms with Gasteiger partial charge in [-0.1, -0.05) is 29.3 Å². The molecule has 1 fully saturated rings. The third-order valence-corrected chi connectivity index (χ3v) is 5.15. The Kier molecular flexibility index (Phi) is 7.49. The normalized spacial score (nSPS) is 14.5. The van der Waals surface area contributed by atoms with Crippen LogP contribution in [-0.2, 0) is 4.79 Å². The molecule has 29 heavy (non-hydrogen) atoms. The van der Waals surface area contributed by atoms with Gasteiger partial charge in [0.2, 0.25) is 5.91 Å². The van der Waals surface area contributed by atoms with E-state index in [2.05, 4.69) is 10.2 Å². The second-order valence-corrected chi connectivity index (χ2v) is 7.51. The van der Waals surface area contributed by atoms with Gasteiger partial charge in [0.25, 0.3) is 5.91 Å². The molecule has 0 atom stereocenters. The van der Waals surface area contributed by atoms with Crippen LogP contribution in [0.15, 0.2) is 48.5 Å². The van der Waals surface area contributed by atoms with Gasteiger partial charge in [-0.25, -0.2) is 0 Å². The summed E-state index contributed by atoms with van der Waals surface area (Å²) in [7, 11) is 0. The molecule has 0 bridgehead atoms. The molecule has 3 rings (SSSR count). The lowest BCUT2D eigenvalue weighted by atomic mass is 10.1. The van der Waals surface area contributed by atoms with Crippen LogP contribution in [0.5, 0.6) is 5.75 Å². The Morgan fingerprint density at radius 1 is 1.07 bits per heavy atom. The summed E-state index contributed by atoms with van der Waals surface area (Å²) in [6.45, 7) is 6.23. The van der Waals surface area contributed by atoms with Gasteiger partial charge < -0.3 is 15.0 Å². The minimum absolute atomic E-state index is 0.0203. The molecule has 6 nitrogen and oxygen atoms in total. The van der Waals surface area contributed by atoms with E-state index in [-0.39, 0.29) is 18.4 Å². The molecule has 1 aliphatic rings. The number of rotatable bonds is 7. The molecule has 0 aromatic heterocycles. The molecule has 0 aliphatic carbocycles. The number of ether oxygens (including phenoxy) is 1. The molecule has 0 spiro atoms. The maximum absolute atomic E-state index is 12.4. The Labute approximate surface area is 176 Å². The summed E-state index contributed by atoms with van der Waals surface area (Å²) in [5, 5.41) is 3.41. The molecule has 2 aromatic rings. The SMILES string of the molecule is Cc1cccc(C(=O)NCC(=O)N2CCN(CCOc3ccc(Cl)cc3)CC2)c1. The number of amides is 2. The van der Waals surface area contributed by atoms with Crippen LogP contribution in [0.1, 0.15) is 15.9 Å². The molecular weight excluding hydrogens is 390 g/mol. The lowest BCUT2D eigenvalue weighted by molar-refractivity contribution is -0.131. The van der Waals surface area contributed by atoms with Gasteiger partial charge in [-0.3, -0.25) is 14.5 Å². The molecule has 1 heterocycles. The minimum Gasteiger partial charge on any atom is -0.492 e. The van der Waals surface area contributed by atoms with E-state index in [0.717, 1.165) is 30.9 Å². The van der Waals surface area contributed by atoms with Crippen molar-refractivity contribution < 1.29 is 14.3 Å². The van der Waals surface area contributed by atoms with E-state index < -0.39 is 0 Å². The molecule has 0 saturated carbocycles. The molecule has 2 amide bonds. The third kappa shape index (κ3) is 6.48. The molecule has 1 aliphatic heterocycles. The van der Waals surface area contributed by atoms with E-state index in [1.54, 1.807) is 23.1 Å². The number of piperazine rings is 1. The number of aryl methyl sites for hydroxylation is 1. The van der Waals surface area contributed by atoms with Crippen molar-refractivity contribution >= 4 is 23.4 Å². The second-order valence-electron chi connectivity index (χ2n) is 7.08. The number of carbonyl (C=O) groups is 2. The minimum atomic E-state index is -0.222. The van der Waals surface area contributed by atoms with Crippen LogP contribution in [0, 0.1) is 6.92 Å². The predicted octanol–water partition coefficient (Wildman–Crippen LogP) is 2.60. The van der Waals surface area contributed by atoms with Crippen molar-refractivity contribution in [3.63, 3.8) is 0 Å². The van der Waals surface area contributed by atoms with Crippen LogP contribution in [0.4, 0.5) is 0 Å². The highest BCUT2D eigenvalue weighted by Gasteiger charge is 2.21. The number of carbonyl (C=O) groups excluding carboxylic acids is 2. The summed E-state index contributed by atoms with van der Waals surface area (Å²) in [5.41, 5.74) is 1.59. The Morgan fingerprint density at radius 2 is 1.79 bits per heavy atom. The molecule has 0 radical (unpaired) electrons. The maximum atomic E-state index is 12.4. The summed E-state index contributed by atoms with van der Waals surface area (Å²) in [6.07, 6.45) is 0. The van der Waals surface area contributed by atoms with Crippen LogP contribution in [0.2, 0.25) is 5.02 Å². The standard InChI is InChI=1S/C22H26ClN3O3/c1-17-3-2-4-18(15-17)22(28)24-16-21(27)26-11-9-25(10-12-26)13-14-29-20-7-5-19(23)6-8-20/h2-8,15H,9-14,16H2,1H3,(H,24,28). The van der Waals surface area contributed by atoms with Crippen molar-refractivity contribution in [3.05, 3.63) is 64.7 Å². The highest BCUT2D eigenvalue weighted by atomic mass is 35.5. The number of nitrogens with zero attached hydrogens (tertiary/aromatic N) is 2. The van der Waals surface area contributed by atoms with Crippen molar-refractivity contribution in [2.75, 3.05) is 45.9 Å². The van der Waals surface area contributed by atoms with Gasteiger partial charge in [-0.15, -0.1) is 0 Å². The topological polar surface area (TPSA) is 61.9 Å². The number of benzene rings is 2. The summed E-state index contributed by atoms with van der Waals surface area (Å²) in [6, 6.07) is 14.6. The average molecular weight is 416 g/mol. The van der Waals surface area contributed by atoms with E-state index in [9.17, 15) is 9.59 Å². The fraction of sp³-hybridized carbons (Fsp3) is 0.364. The van der Waals surface area contributed by atoms with Crippen molar-refractivity contribution in [1.29, 1.82) is 0 Å². The quantitative estimate of drug-likeness (QED) is 0.755. The largest absolute Gasteiger partial charge is 0.492 e. The smallest absolute Gasteiger partial charge is 0.251 e. The Morgan fingerprint density at radius 3 is 2.48 bits per heavy atom. The predicted molar refractivity (Wildman–Crippen MR) is 113 cm³/mol. The first-order chi connectivity index (χ1) is 14.0.